The smallest absolute Gasteiger partial charge is 0.412 e. The molecule has 1 amide bonds. The minimum absolute atomic E-state index is 0.0631. The Morgan fingerprint density at radius 3 is 2.68 bits per heavy atom. The van der Waals surface area contributed by atoms with E-state index in [0.29, 0.717) is 5.52 Å². The van der Waals surface area contributed by atoms with Crippen molar-refractivity contribution in [1.29, 1.82) is 0 Å². The van der Waals surface area contributed by atoms with Crippen molar-refractivity contribution in [2.75, 3.05) is 12.4 Å². The standard InChI is InChI=1S/C17H20N6O5/c1-17(2,3)27-16(25)19-11-9-22(4)12(13(11)26-5)15(24)28-23-14-10(20-21-23)7-6-8-18-14/h6-9H,1-5H3,(H,19,25). The molecule has 3 aromatic heterocycles. The molecule has 11 heteroatoms. The second-order valence-corrected chi connectivity index (χ2v) is 6.85. The summed E-state index contributed by atoms with van der Waals surface area (Å²) in [5.41, 5.74) is 0.410. The molecule has 0 aliphatic heterocycles. The summed E-state index contributed by atoms with van der Waals surface area (Å²) >= 11 is 0. The van der Waals surface area contributed by atoms with E-state index in [1.807, 2.05) is 0 Å². The van der Waals surface area contributed by atoms with Crippen molar-refractivity contribution in [1.82, 2.24) is 24.7 Å². The van der Waals surface area contributed by atoms with Crippen LogP contribution in [0.5, 0.6) is 5.75 Å². The quantitative estimate of drug-likeness (QED) is 0.671. The lowest BCUT2D eigenvalue weighted by Gasteiger charge is -2.19. The molecular weight excluding hydrogens is 368 g/mol. The molecule has 0 aliphatic rings. The fourth-order valence-electron chi connectivity index (χ4n) is 2.48. The van der Waals surface area contributed by atoms with Gasteiger partial charge < -0.3 is 18.9 Å². The molecule has 3 aromatic rings. The highest BCUT2D eigenvalue weighted by molar-refractivity contribution is 5.97. The number of carbonyl (C=O) groups is 2. The van der Waals surface area contributed by atoms with Gasteiger partial charge in [-0.3, -0.25) is 5.32 Å². The fourth-order valence-corrected chi connectivity index (χ4v) is 2.48. The Hall–Kier alpha value is -3.63. The van der Waals surface area contributed by atoms with Crippen molar-refractivity contribution in [3.8, 4) is 5.75 Å². The highest BCUT2D eigenvalue weighted by atomic mass is 16.7. The van der Waals surface area contributed by atoms with Crippen LogP contribution >= 0.6 is 0 Å². The lowest BCUT2D eigenvalue weighted by atomic mass is 10.2. The summed E-state index contributed by atoms with van der Waals surface area (Å²) in [4.78, 5) is 35.0. The highest BCUT2D eigenvalue weighted by Crippen LogP contribution is 2.31. The number of hydrogen-bond acceptors (Lipinski definition) is 8. The summed E-state index contributed by atoms with van der Waals surface area (Å²) in [6.45, 7) is 5.23. The van der Waals surface area contributed by atoms with Crippen molar-refractivity contribution in [3.63, 3.8) is 0 Å². The number of fused-ring (bicyclic) bond motifs is 1. The average Bonchev–Trinajstić information content (AvgIpc) is 3.13. The molecule has 0 atom stereocenters. The van der Waals surface area contributed by atoms with Gasteiger partial charge in [0.1, 0.15) is 16.8 Å². The van der Waals surface area contributed by atoms with Gasteiger partial charge in [-0.1, -0.05) is 0 Å². The van der Waals surface area contributed by atoms with Gasteiger partial charge in [0.2, 0.25) is 5.65 Å². The molecule has 3 rings (SSSR count). The number of aryl methyl sites for hydroxylation is 1. The van der Waals surface area contributed by atoms with E-state index in [-0.39, 0.29) is 22.8 Å². The summed E-state index contributed by atoms with van der Waals surface area (Å²) in [6, 6.07) is 3.38. The van der Waals surface area contributed by atoms with Crippen molar-refractivity contribution in [2.24, 2.45) is 7.05 Å². The predicted octanol–water partition coefficient (Wildman–Crippen LogP) is 1.79. The van der Waals surface area contributed by atoms with E-state index in [1.54, 1.807) is 40.0 Å². The van der Waals surface area contributed by atoms with Crippen LogP contribution < -0.4 is 14.9 Å². The minimum atomic E-state index is -0.769. The van der Waals surface area contributed by atoms with E-state index in [2.05, 4.69) is 20.6 Å². The summed E-state index contributed by atoms with van der Waals surface area (Å²) < 4.78 is 12.0. The molecule has 0 saturated heterocycles. The molecular formula is C17H20N6O5. The molecule has 0 bridgehead atoms. The highest BCUT2D eigenvalue weighted by Gasteiger charge is 2.27. The lowest BCUT2D eigenvalue weighted by molar-refractivity contribution is 0.0390. The van der Waals surface area contributed by atoms with Gasteiger partial charge in [-0.2, -0.15) is 0 Å². The van der Waals surface area contributed by atoms with Crippen LogP contribution in [0.15, 0.2) is 24.5 Å². The lowest BCUT2D eigenvalue weighted by Crippen LogP contribution is -2.27. The monoisotopic (exact) mass is 388 g/mol. The van der Waals surface area contributed by atoms with E-state index < -0.39 is 17.7 Å². The second kappa shape index (κ2) is 7.18. The Labute approximate surface area is 160 Å². The maximum Gasteiger partial charge on any atom is 0.412 e. The van der Waals surface area contributed by atoms with Gasteiger partial charge in [-0.25, -0.2) is 14.6 Å². The summed E-state index contributed by atoms with van der Waals surface area (Å²) in [5, 5.41) is 10.2. The van der Waals surface area contributed by atoms with Crippen LogP contribution in [-0.4, -0.2) is 49.5 Å². The zero-order valence-corrected chi connectivity index (χ0v) is 16.1. The summed E-state index contributed by atoms with van der Waals surface area (Å²) in [6.07, 6.45) is 2.36. The maximum absolute atomic E-state index is 12.7. The van der Waals surface area contributed by atoms with E-state index in [9.17, 15) is 9.59 Å². The number of pyridine rings is 1. The Balaban J connectivity index is 1.86. The largest absolute Gasteiger partial charge is 0.492 e. The summed E-state index contributed by atoms with van der Waals surface area (Å²) in [5.74, 6) is -0.648. The van der Waals surface area contributed by atoms with Gasteiger partial charge in [-0.05, 0) is 43.0 Å². The Kier molecular flexibility index (Phi) is 4.91. The number of nitrogens with zero attached hydrogens (tertiary/aromatic N) is 5. The Morgan fingerprint density at radius 1 is 1.25 bits per heavy atom. The zero-order valence-electron chi connectivity index (χ0n) is 16.1. The van der Waals surface area contributed by atoms with Gasteiger partial charge in [0.05, 0.1) is 7.11 Å². The Bertz CT molecular complexity index is 1030. The number of nitrogens with one attached hydrogen (secondary N) is 1. The van der Waals surface area contributed by atoms with Gasteiger partial charge in [0.25, 0.3) is 0 Å². The number of ether oxygens (including phenoxy) is 2. The van der Waals surface area contributed by atoms with Gasteiger partial charge in [0.15, 0.2) is 11.4 Å². The number of rotatable bonds is 4. The van der Waals surface area contributed by atoms with Crippen LogP contribution in [0.4, 0.5) is 10.5 Å². The molecule has 0 radical (unpaired) electrons. The number of aromatic nitrogens is 5. The van der Waals surface area contributed by atoms with Crippen LogP contribution in [-0.2, 0) is 11.8 Å². The Morgan fingerprint density at radius 2 is 2.00 bits per heavy atom. The number of carbonyl (C=O) groups excluding carboxylic acids is 2. The third-order valence-corrected chi connectivity index (χ3v) is 3.52. The zero-order chi connectivity index (χ0) is 20.5. The SMILES string of the molecule is COc1c(NC(=O)OC(C)(C)C)cn(C)c1C(=O)On1nnc2cccnc21. The number of amides is 1. The van der Waals surface area contributed by atoms with Crippen LogP contribution in [0.1, 0.15) is 31.3 Å². The van der Waals surface area contributed by atoms with Crippen LogP contribution in [0.3, 0.4) is 0 Å². The van der Waals surface area contributed by atoms with Crippen molar-refractivity contribution >= 4 is 28.9 Å². The topological polar surface area (TPSA) is 122 Å². The van der Waals surface area contributed by atoms with E-state index in [1.165, 1.54) is 24.1 Å². The molecule has 148 valence electrons. The van der Waals surface area contributed by atoms with Crippen LogP contribution in [0, 0.1) is 0 Å². The molecule has 0 fully saturated rings. The van der Waals surface area contributed by atoms with Crippen LogP contribution in [0.2, 0.25) is 0 Å². The second-order valence-electron chi connectivity index (χ2n) is 6.85. The van der Waals surface area contributed by atoms with E-state index in [4.69, 9.17) is 14.3 Å². The van der Waals surface area contributed by atoms with Crippen molar-refractivity contribution in [3.05, 3.63) is 30.2 Å². The van der Waals surface area contributed by atoms with Gasteiger partial charge in [0, 0.05) is 19.4 Å². The number of hydrogen-bond donors (Lipinski definition) is 1. The van der Waals surface area contributed by atoms with Crippen molar-refractivity contribution < 1.29 is 23.9 Å². The van der Waals surface area contributed by atoms with Gasteiger partial charge in [-0.15, -0.1) is 5.10 Å². The molecule has 0 aromatic carbocycles. The predicted molar refractivity (Wildman–Crippen MR) is 98.1 cm³/mol. The molecule has 0 saturated carbocycles. The summed E-state index contributed by atoms with van der Waals surface area (Å²) in [7, 11) is 2.98. The number of anilines is 1. The molecule has 0 spiro atoms. The van der Waals surface area contributed by atoms with Crippen molar-refractivity contribution in [2.45, 2.75) is 26.4 Å². The van der Waals surface area contributed by atoms with Crippen LogP contribution in [0.25, 0.3) is 11.2 Å². The van der Waals surface area contributed by atoms with E-state index >= 15 is 0 Å². The first-order valence-corrected chi connectivity index (χ1v) is 8.32. The fraction of sp³-hybridized carbons (Fsp3) is 0.353. The first-order valence-electron chi connectivity index (χ1n) is 8.32. The minimum Gasteiger partial charge on any atom is -0.492 e. The normalized spacial score (nSPS) is 11.3. The third-order valence-electron chi connectivity index (χ3n) is 3.52. The molecule has 0 aliphatic carbocycles. The first kappa shape index (κ1) is 19.1. The first-order chi connectivity index (χ1) is 13.2. The third kappa shape index (κ3) is 3.87. The molecule has 28 heavy (non-hydrogen) atoms. The molecule has 11 nitrogen and oxygen atoms in total. The van der Waals surface area contributed by atoms with E-state index in [0.717, 1.165) is 4.85 Å². The average molecular weight is 388 g/mol. The molecule has 1 N–H and O–H groups in total. The number of methoxy groups -OCH3 is 1. The molecule has 3 heterocycles. The van der Waals surface area contributed by atoms with Gasteiger partial charge >= 0.3 is 12.1 Å². The maximum atomic E-state index is 12.7. The molecule has 0 unspecified atom stereocenters.